The Morgan fingerprint density at radius 1 is 1.39 bits per heavy atom. The fraction of sp³-hybridized carbons (Fsp3) is 0.500. The highest BCUT2D eigenvalue weighted by atomic mass is 32.2. The predicted octanol–water partition coefficient (Wildman–Crippen LogP) is 1.37. The van der Waals surface area contributed by atoms with E-state index in [0.29, 0.717) is 43.3 Å². The first-order valence-electron chi connectivity index (χ1n) is 10.3. The Kier molecular flexibility index (Phi) is 4.63. The number of benzene rings is 1. The van der Waals surface area contributed by atoms with E-state index in [-0.39, 0.29) is 23.6 Å². The van der Waals surface area contributed by atoms with Gasteiger partial charge < -0.3 is 9.42 Å². The maximum Gasteiger partial charge on any atom is 0.275 e. The molecule has 3 atom stereocenters. The molecule has 1 aliphatic carbocycles. The summed E-state index contributed by atoms with van der Waals surface area (Å²) < 4.78 is 32.6. The minimum atomic E-state index is -3.34. The number of carbonyl (C=O) groups excluding carboxylic acids is 1. The molecule has 3 heterocycles. The largest absolute Gasteiger partial charge is 0.339 e. The number of aromatic amines is 1. The Morgan fingerprint density at radius 3 is 2.94 bits per heavy atom. The smallest absolute Gasteiger partial charge is 0.275 e. The molecule has 5 rings (SSSR count). The molecule has 1 saturated carbocycles. The fourth-order valence-corrected chi connectivity index (χ4v) is 5.91. The number of likely N-dealkylation sites (tertiary alicyclic amines) is 1. The van der Waals surface area contributed by atoms with Crippen molar-refractivity contribution in [1.82, 2.24) is 30.0 Å². The van der Waals surface area contributed by atoms with E-state index in [4.69, 9.17) is 4.52 Å². The van der Waals surface area contributed by atoms with Crippen molar-refractivity contribution in [3.8, 4) is 0 Å². The zero-order valence-corrected chi connectivity index (χ0v) is 18.1. The summed E-state index contributed by atoms with van der Waals surface area (Å²) in [4.78, 5) is 19.6. The number of nitrogens with one attached hydrogen (secondary N) is 2. The Balaban J connectivity index is 1.46. The number of aromatic nitrogens is 4. The molecular formula is C20H24N6O4S. The van der Waals surface area contributed by atoms with Gasteiger partial charge in [0.2, 0.25) is 15.9 Å². The first-order valence-corrected chi connectivity index (χ1v) is 12.0. The molecule has 1 saturated heterocycles. The van der Waals surface area contributed by atoms with Crippen molar-refractivity contribution in [1.29, 1.82) is 0 Å². The van der Waals surface area contributed by atoms with E-state index in [1.54, 1.807) is 18.7 Å². The first kappa shape index (κ1) is 20.1. The summed E-state index contributed by atoms with van der Waals surface area (Å²) >= 11 is 0. The molecule has 2 aliphatic rings. The number of amides is 1. The maximum atomic E-state index is 13.4. The van der Waals surface area contributed by atoms with E-state index >= 15 is 0 Å². The molecule has 2 N–H and O–H groups in total. The van der Waals surface area contributed by atoms with E-state index < -0.39 is 15.4 Å². The van der Waals surface area contributed by atoms with Crippen molar-refractivity contribution in [2.24, 2.45) is 5.92 Å². The number of carbonyl (C=O) groups is 1. The lowest BCUT2D eigenvalue weighted by Gasteiger charge is -2.25. The topological polar surface area (TPSA) is 134 Å². The average molecular weight is 445 g/mol. The molecule has 0 spiro atoms. The number of H-pyrrole nitrogens is 1. The highest BCUT2D eigenvalue weighted by Gasteiger charge is 2.58. The number of rotatable bonds is 5. The summed E-state index contributed by atoms with van der Waals surface area (Å²) in [5, 5.41) is 11.9. The minimum Gasteiger partial charge on any atom is -0.339 e. The molecule has 1 aromatic carbocycles. The van der Waals surface area contributed by atoms with Crippen LogP contribution in [0, 0.1) is 12.8 Å². The zero-order chi connectivity index (χ0) is 21.8. The molecule has 2 fully saturated rings. The molecule has 2 aromatic heterocycles. The minimum absolute atomic E-state index is 0.00561. The summed E-state index contributed by atoms with van der Waals surface area (Å²) in [5.74, 6) is 0.857. The average Bonchev–Trinajstić information content (AvgIpc) is 3.48. The van der Waals surface area contributed by atoms with E-state index in [1.807, 2.05) is 24.3 Å². The van der Waals surface area contributed by atoms with Gasteiger partial charge in [-0.25, -0.2) is 13.1 Å². The summed E-state index contributed by atoms with van der Waals surface area (Å²) in [5.41, 5.74) is 0.612. The summed E-state index contributed by atoms with van der Waals surface area (Å²) in [6.45, 7) is 4.22. The van der Waals surface area contributed by atoms with Gasteiger partial charge in [-0.1, -0.05) is 23.4 Å². The highest BCUT2D eigenvalue weighted by molar-refractivity contribution is 7.89. The predicted molar refractivity (Wildman–Crippen MR) is 112 cm³/mol. The number of fused-ring (bicyclic) bond motifs is 2. The quantitative estimate of drug-likeness (QED) is 0.607. The standard InChI is InChI=1S/C20H24N6O4S/c1-3-31(28,29)25-14-8-13-10-26(11-20(13,9-14)19-21-12(2)24-30-19)18(27)17-15-6-4-5-7-16(15)22-23-17/h4-7,13-14,25H,3,8-11H2,1-2H3,(H,22,23)/t13?,14-,20+/m1/s1. The van der Waals surface area contributed by atoms with Gasteiger partial charge in [0.05, 0.1) is 16.7 Å². The molecule has 11 heteroatoms. The monoisotopic (exact) mass is 444 g/mol. The van der Waals surface area contributed by atoms with Crippen molar-refractivity contribution < 1.29 is 17.7 Å². The van der Waals surface area contributed by atoms with Gasteiger partial charge in [-0.2, -0.15) is 10.1 Å². The first-order chi connectivity index (χ1) is 14.8. The van der Waals surface area contributed by atoms with Gasteiger partial charge >= 0.3 is 0 Å². The van der Waals surface area contributed by atoms with Crippen molar-refractivity contribution in [2.75, 3.05) is 18.8 Å². The summed E-state index contributed by atoms with van der Waals surface area (Å²) in [6.07, 6.45) is 1.11. The Bertz CT molecular complexity index is 1250. The normalized spacial score (nSPS) is 25.9. The van der Waals surface area contributed by atoms with Crippen LogP contribution in [0.2, 0.25) is 0 Å². The van der Waals surface area contributed by atoms with E-state index in [0.717, 1.165) is 10.9 Å². The summed E-state index contributed by atoms with van der Waals surface area (Å²) in [6, 6.07) is 7.28. The van der Waals surface area contributed by atoms with E-state index in [1.165, 1.54) is 0 Å². The van der Waals surface area contributed by atoms with Crippen LogP contribution in [0.3, 0.4) is 0 Å². The van der Waals surface area contributed by atoms with E-state index in [9.17, 15) is 13.2 Å². The van der Waals surface area contributed by atoms with Gasteiger partial charge in [-0.15, -0.1) is 0 Å². The number of hydrogen-bond acceptors (Lipinski definition) is 7. The third kappa shape index (κ3) is 3.32. The molecule has 0 radical (unpaired) electrons. The second kappa shape index (κ2) is 7.13. The van der Waals surface area contributed by atoms with Gasteiger partial charge in [0, 0.05) is 24.5 Å². The number of hydrogen-bond donors (Lipinski definition) is 2. The molecule has 3 aromatic rings. The number of nitrogens with zero attached hydrogens (tertiary/aromatic N) is 4. The third-order valence-electron chi connectivity index (χ3n) is 6.51. The van der Waals surface area contributed by atoms with Gasteiger partial charge in [-0.3, -0.25) is 9.89 Å². The molecule has 1 unspecified atom stereocenters. The van der Waals surface area contributed by atoms with Gasteiger partial charge in [0.25, 0.3) is 5.91 Å². The Morgan fingerprint density at radius 2 is 2.19 bits per heavy atom. The van der Waals surface area contributed by atoms with Crippen LogP contribution in [-0.4, -0.2) is 64.4 Å². The highest BCUT2D eigenvalue weighted by Crippen LogP contribution is 2.50. The SMILES string of the molecule is CCS(=O)(=O)N[C@@H]1CC2CN(C(=O)c3n[nH]c4ccccc34)C[C@@]2(c2nc(C)no2)C1. The van der Waals surface area contributed by atoms with Crippen LogP contribution in [0.4, 0.5) is 0 Å². The Hall–Kier alpha value is -2.79. The lowest BCUT2D eigenvalue weighted by molar-refractivity contribution is 0.0769. The third-order valence-corrected chi connectivity index (χ3v) is 7.97. The van der Waals surface area contributed by atoms with Crippen LogP contribution in [-0.2, 0) is 15.4 Å². The number of sulfonamides is 1. The fourth-order valence-electron chi connectivity index (χ4n) is 5.06. The van der Waals surface area contributed by atoms with Crippen molar-refractivity contribution in [3.63, 3.8) is 0 Å². The van der Waals surface area contributed by atoms with Crippen LogP contribution in [0.5, 0.6) is 0 Å². The second-order valence-corrected chi connectivity index (χ2v) is 10.5. The number of para-hydroxylation sites is 1. The molecular weight excluding hydrogens is 420 g/mol. The zero-order valence-electron chi connectivity index (χ0n) is 17.3. The Labute approximate surface area is 179 Å². The van der Waals surface area contributed by atoms with Crippen molar-refractivity contribution >= 4 is 26.8 Å². The van der Waals surface area contributed by atoms with Crippen LogP contribution in [0.25, 0.3) is 10.9 Å². The molecule has 31 heavy (non-hydrogen) atoms. The van der Waals surface area contributed by atoms with Crippen molar-refractivity contribution in [2.45, 2.75) is 38.1 Å². The number of aryl methyl sites for hydroxylation is 1. The summed E-state index contributed by atoms with van der Waals surface area (Å²) in [7, 11) is -3.34. The van der Waals surface area contributed by atoms with Gasteiger partial charge in [0.15, 0.2) is 11.5 Å². The van der Waals surface area contributed by atoms with Gasteiger partial charge in [-0.05, 0) is 38.7 Å². The molecule has 1 aliphatic heterocycles. The van der Waals surface area contributed by atoms with Gasteiger partial charge in [0.1, 0.15) is 0 Å². The van der Waals surface area contributed by atoms with E-state index in [2.05, 4.69) is 25.1 Å². The van der Waals surface area contributed by atoms with Crippen LogP contribution >= 0.6 is 0 Å². The maximum absolute atomic E-state index is 13.4. The van der Waals surface area contributed by atoms with Crippen molar-refractivity contribution in [3.05, 3.63) is 41.7 Å². The second-order valence-electron chi connectivity index (χ2n) is 8.46. The lowest BCUT2D eigenvalue weighted by atomic mass is 9.80. The lowest BCUT2D eigenvalue weighted by Crippen LogP contribution is -2.40. The van der Waals surface area contributed by atoms with Crippen LogP contribution in [0.15, 0.2) is 28.8 Å². The molecule has 164 valence electrons. The van der Waals surface area contributed by atoms with Crippen LogP contribution < -0.4 is 4.72 Å². The van der Waals surface area contributed by atoms with Crippen LogP contribution in [0.1, 0.15) is 42.0 Å². The molecule has 0 bridgehead atoms. The molecule has 1 amide bonds. The molecule has 10 nitrogen and oxygen atoms in total.